The fourth-order valence-electron chi connectivity index (χ4n) is 3.43. The van der Waals surface area contributed by atoms with Gasteiger partial charge in [-0.1, -0.05) is 6.92 Å². The van der Waals surface area contributed by atoms with Crippen molar-refractivity contribution in [3.8, 4) is 0 Å². The van der Waals surface area contributed by atoms with Gasteiger partial charge in [0.15, 0.2) is 0 Å². The Labute approximate surface area is 140 Å². The second-order valence-electron chi connectivity index (χ2n) is 6.28. The van der Waals surface area contributed by atoms with Crippen molar-refractivity contribution < 1.29 is 9.21 Å². The number of rotatable bonds is 3. The number of carbonyl (C=O) groups excluding carboxylic acids is 1. The lowest BCUT2D eigenvalue weighted by Crippen LogP contribution is -2.38. The van der Waals surface area contributed by atoms with Crippen LogP contribution in [0.15, 0.2) is 40.9 Å². The first-order valence-electron chi connectivity index (χ1n) is 8.60. The number of H-pyrrole nitrogens is 1. The monoisotopic (exact) mass is 323 g/mol. The zero-order valence-corrected chi connectivity index (χ0v) is 13.8. The summed E-state index contributed by atoms with van der Waals surface area (Å²) in [6.07, 6.45) is 5.78. The predicted molar refractivity (Wildman–Crippen MR) is 91.8 cm³/mol. The summed E-state index contributed by atoms with van der Waals surface area (Å²) >= 11 is 0. The maximum absolute atomic E-state index is 13.0. The van der Waals surface area contributed by atoms with Gasteiger partial charge in [-0.15, -0.1) is 0 Å². The SMILES string of the molecule is CCc1ccc(C2CCCCN2C(=O)c2ccc3cc[nH]c3n2)o1. The third-order valence-corrected chi connectivity index (χ3v) is 4.75. The first-order valence-corrected chi connectivity index (χ1v) is 8.60. The second kappa shape index (κ2) is 6.15. The topological polar surface area (TPSA) is 62.1 Å². The summed E-state index contributed by atoms with van der Waals surface area (Å²) in [6, 6.07) is 9.73. The van der Waals surface area contributed by atoms with E-state index in [1.165, 1.54) is 0 Å². The van der Waals surface area contributed by atoms with Crippen LogP contribution in [0.1, 0.15) is 54.2 Å². The summed E-state index contributed by atoms with van der Waals surface area (Å²) in [5, 5.41) is 1.01. The van der Waals surface area contributed by atoms with Gasteiger partial charge in [0.2, 0.25) is 0 Å². The molecule has 1 atom stereocenters. The first kappa shape index (κ1) is 15.0. The van der Waals surface area contributed by atoms with Gasteiger partial charge in [-0.25, -0.2) is 4.98 Å². The lowest BCUT2D eigenvalue weighted by atomic mass is 9.99. The Morgan fingerprint density at radius 3 is 3.04 bits per heavy atom. The Bertz CT molecular complexity index is 864. The van der Waals surface area contributed by atoms with E-state index in [4.69, 9.17) is 4.42 Å². The summed E-state index contributed by atoms with van der Waals surface area (Å²) in [5.74, 6) is 1.83. The van der Waals surface area contributed by atoms with Gasteiger partial charge in [0.1, 0.15) is 22.9 Å². The molecule has 1 N–H and O–H groups in total. The average Bonchev–Trinajstić information content (AvgIpc) is 3.29. The Balaban J connectivity index is 1.64. The van der Waals surface area contributed by atoms with Gasteiger partial charge >= 0.3 is 0 Å². The average molecular weight is 323 g/mol. The van der Waals surface area contributed by atoms with Gasteiger partial charge in [-0.2, -0.15) is 0 Å². The molecule has 4 rings (SSSR count). The highest BCUT2D eigenvalue weighted by molar-refractivity contribution is 5.94. The van der Waals surface area contributed by atoms with Crippen LogP contribution in [0.4, 0.5) is 0 Å². The minimum atomic E-state index is -0.0225. The van der Waals surface area contributed by atoms with Gasteiger partial charge in [0.25, 0.3) is 5.91 Å². The minimum absolute atomic E-state index is 0.00712. The van der Waals surface area contributed by atoms with Crippen LogP contribution in [0.5, 0.6) is 0 Å². The number of furan rings is 1. The molecule has 5 heteroatoms. The molecule has 0 radical (unpaired) electrons. The van der Waals surface area contributed by atoms with E-state index in [0.717, 1.165) is 54.8 Å². The van der Waals surface area contributed by atoms with Crippen molar-refractivity contribution in [3.63, 3.8) is 0 Å². The summed E-state index contributed by atoms with van der Waals surface area (Å²) in [4.78, 5) is 22.5. The zero-order chi connectivity index (χ0) is 16.5. The van der Waals surface area contributed by atoms with Crippen LogP contribution in [-0.4, -0.2) is 27.3 Å². The standard InChI is InChI=1S/C19H21N3O2/c1-2-14-7-9-17(24-14)16-5-3-4-12-22(16)19(23)15-8-6-13-10-11-20-18(13)21-15/h6-11,16H,2-5,12H2,1H3,(H,20,21). The molecule has 24 heavy (non-hydrogen) atoms. The molecule has 1 unspecified atom stereocenters. The van der Waals surface area contributed by atoms with Crippen molar-refractivity contribution in [1.82, 2.24) is 14.9 Å². The number of hydrogen-bond acceptors (Lipinski definition) is 3. The van der Waals surface area contributed by atoms with Gasteiger partial charge in [-0.05, 0) is 49.6 Å². The Morgan fingerprint density at radius 1 is 1.29 bits per heavy atom. The molecule has 0 aliphatic carbocycles. The number of pyridine rings is 1. The molecule has 1 aliphatic rings. The number of fused-ring (bicyclic) bond motifs is 1. The molecular formula is C19H21N3O2. The molecule has 3 aromatic rings. The zero-order valence-electron chi connectivity index (χ0n) is 13.8. The van der Waals surface area contributed by atoms with E-state index >= 15 is 0 Å². The number of hydrogen-bond donors (Lipinski definition) is 1. The Hall–Kier alpha value is -2.56. The highest BCUT2D eigenvalue weighted by Crippen LogP contribution is 2.33. The van der Waals surface area contributed by atoms with Crippen LogP contribution < -0.4 is 0 Å². The third kappa shape index (κ3) is 2.60. The number of amides is 1. The van der Waals surface area contributed by atoms with Crippen molar-refractivity contribution in [1.29, 1.82) is 0 Å². The number of nitrogens with zero attached hydrogens (tertiary/aromatic N) is 2. The number of aromatic nitrogens is 2. The van der Waals surface area contributed by atoms with Crippen molar-refractivity contribution in [2.24, 2.45) is 0 Å². The Morgan fingerprint density at radius 2 is 2.21 bits per heavy atom. The summed E-state index contributed by atoms with van der Waals surface area (Å²) in [6.45, 7) is 2.82. The number of piperidine rings is 1. The molecule has 1 amide bonds. The molecule has 5 nitrogen and oxygen atoms in total. The smallest absolute Gasteiger partial charge is 0.273 e. The normalized spacial score (nSPS) is 18.2. The van der Waals surface area contributed by atoms with Gasteiger partial charge in [0, 0.05) is 24.5 Å². The van der Waals surface area contributed by atoms with Crippen LogP contribution in [0.25, 0.3) is 11.0 Å². The van der Waals surface area contributed by atoms with Gasteiger partial charge in [-0.3, -0.25) is 4.79 Å². The molecular weight excluding hydrogens is 302 g/mol. The summed E-state index contributed by atoms with van der Waals surface area (Å²) in [7, 11) is 0. The predicted octanol–water partition coefficient (Wildman–Crippen LogP) is 4.09. The van der Waals surface area contributed by atoms with E-state index in [2.05, 4.69) is 16.9 Å². The molecule has 3 aromatic heterocycles. The number of aromatic amines is 1. The molecule has 124 valence electrons. The Kier molecular flexibility index (Phi) is 3.84. The lowest BCUT2D eigenvalue weighted by molar-refractivity contribution is 0.0573. The van der Waals surface area contributed by atoms with Crippen molar-refractivity contribution in [2.45, 2.75) is 38.6 Å². The minimum Gasteiger partial charge on any atom is -0.464 e. The fourth-order valence-corrected chi connectivity index (χ4v) is 3.43. The van der Waals surface area contributed by atoms with E-state index in [1.54, 1.807) is 0 Å². The molecule has 4 heterocycles. The molecule has 0 spiro atoms. The number of aryl methyl sites for hydroxylation is 1. The summed E-state index contributed by atoms with van der Waals surface area (Å²) in [5.41, 5.74) is 1.24. The van der Waals surface area contributed by atoms with E-state index in [-0.39, 0.29) is 11.9 Å². The lowest BCUT2D eigenvalue weighted by Gasteiger charge is -2.34. The second-order valence-corrected chi connectivity index (χ2v) is 6.28. The molecule has 1 fully saturated rings. The number of carbonyl (C=O) groups is 1. The van der Waals surface area contributed by atoms with Gasteiger partial charge in [0.05, 0.1) is 6.04 Å². The highest BCUT2D eigenvalue weighted by Gasteiger charge is 2.31. The number of likely N-dealkylation sites (tertiary alicyclic amines) is 1. The largest absolute Gasteiger partial charge is 0.464 e. The van der Waals surface area contributed by atoms with Crippen LogP contribution in [0.2, 0.25) is 0 Å². The quantitative estimate of drug-likeness (QED) is 0.790. The van der Waals surface area contributed by atoms with E-state index < -0.39 is 0 Å². The number of nitrogens with one attached hydrogen (secondary N) is 1. The van der Waals surface area contributed by atoms with Crippen molar-refractivity contribution in [2.75, 3.05) is 6.54 Å². The molecule has 1 aliphatic heterocycles. The van der Waals surface area contributed by atoms with Crippen LogP contribution in [0, 0.1) is 0 Å². The molecule has 0 saturated carbocycles. The highest BCUT2D eigenvalue weighted by atomic mass is 16.3. The van der Waals surface area contributed by atoms with Crippen molar-refractivity contribution >= 4 is 16.9 Å². The van der Waals surface area contributed by atoms with Gasteiger partial charge < -0.3 is 14.3 Å². The molecule has 0 aromatic carbocycles. The first-order chi connectivity index (χ1) is 11.8. The van der Waals surface area contributed by atoms with Crippen LogP contribution in [0.3, 0.4) is 0 Å². The maximum atomic E-state index is 13.0. The van der Waals surface area contributed by atoms with E-state index in [0.29, 0.717) is 5.69 Å². The summed E-state index contributed by atoms with van der Waals surface area (Å²) < 4.78 is 5.93. The maximum Gasteiger partial charge on any atom is 0.273 e. The third-order valence-electron chi connectivity index (χ3n) is 4.75. The van der Waals surface area contributed by atoms with E-state index in [9.17, 15) is 4.79 Å². The molecule has 1 saturated heterocycles. The van der Waals surface area contributed by atoms with Crippen LogP contribution in [-0.2, 0) is 6.42 Å². The molecule has 0 bridgehead atoms. The van der Waals surface area contributed by atoms with E-state index in [1.807, 2.05) is 41.4 Å². The van der Waals surface area contributed by atoms with Crippen LogP contribution >= 0.6 is 0 Å². The van der Waals surface area contributed by atoms with Crippen molar-refractivity contribution in [3.05, 3.63) is 53.7 Å². The fraction of sp³-hybridized carbons (Fsp3) is 0.368.